The maximum Gasteiger partial charge on any atom is 0.127 e. The molecule has 1 aliphatic rings. The summed E-state index contributed by atoms with van der Waals surface area (Å²) in [7, 11) is 0. The lowest BCUT2D eigenvalue weighted by atomic mass is 9.97. The minimum absolute atomic E-state index is 0.324. The second-order valence-corrected chi connectivity index (χ2v) is 4.12. The normalized spacial score (nSPS) is 18.4. The van der Waals surface area contributed by atoms with Crippen molar-refractivity contribution in [2.24, 2.45) is 0 Å². The third-order valence-corrected chi connectivity index (χ3v) is 3.21. The summed E-state index contributed by atoms with van der Waals surface area (Å²) in [6.07, 6.45) is 5.75. The van der Waals surface area contributed by atoms with Crippen LogP contribution in [0.15, 0.2) is 36.7 Å². The van der Waals surface area contributed by atoms with Crippen molar-refractivity contribution in [3.05, 3.63) is 53.5 Å². The summed E-state index contributed by atoms with van der Waals surface area (Å²) < 4.78 is 0. The highest BCUT2D eigenvalue weighted by molar-refractivity contribution is 5.47. The molecule has 80 valence electrons. The van der Waals surface area contributed by atoms with E-state index < -0.39 is 0 Å². The van der Waals surface area contributed by atoms with Crippen molar-refractivity contribution < 1.29 is 0 Å². The van der Waals surface area contributed by atoms with Gasteiger partial charge in [0.1, 0.15) is 5.82 Å². The molecule has 2 aromatic heterocycles. The van der Waals surface area contributed by atoms with Gasteiger partial charge in [0.25, 0.3) is 0 Å². The van der Waals surface area contributed by atoms with Crippen molar-refractivity contribution in [2.75, 3.05) is 5.73 Å². The number of fused-ring (bicyclic) bond motifs is 1. The predicted octanol–water partition coefficient (Wildman–Crippen LogP) is 2.14. The predicted molar refractivity (Wildman–Crippen MR) is 63.1 cm³/mol. The molecule has 0 amide bonds. The number of nitrogens with two attached hydrogens (primary N) is 1. The number of nitrogen functional groups attached to an aromatic ring is 1. The summed E-state index contributed by atoms with van der Waals surface area (Å²) in [5.74, 6) is 0.955. The minimum Gasteiger partial charge on any atom is -0.383 e. The van der Waals surface area contributed by atoms with Gasteiger partial charge in [-0.3, -0.25) is 4.98 Å². The van der Waals surface area contributed by atoms with E-state index in [9.17, 15) is 0 Å². The van der Waals surface area contributed by atoms with Crippen LogP contribution in [0.25, 0.3) is 0 Å². The highest BCUT2D eigenvalue weighted by atomic mass is 14.8. The van der Waals surface area contributed by atoms with E-state index in [1.165, 1.54) is 11.3 Å². The molecule has 3 nitrogen and oxygen atoms in total. The van der Waals surface area contributed by atoms with Gasteiger partial charge in [0.05, 0.1) is 5.69 Å². The van der Waals surface area contributed by atoms with Crippen molar-refractivity contribution in [1.82, 2.24) is 9.97 Å². The zero-order valence-corrected chi connectivity index (χ0v) is 8.93. The Morgan fingerprint density at radius 3 is 2.81 bits per heavy atom. The molecular formula is C13H13N3. The Kier molecular flexibility index (Phi) is 2.10. The largest absolute Gasteiger partial charge is 0.383 e. The van der Waals surface area contributed by atoms with Crippen molar-refractivity contribution in [3.63, 3.8) is 0 Å². The van der Waals surface area contributed by atoms with E-state index in [0.29, 0.717) is 11.7 Å². The van der Waals surface area contributed by atoms with Gasteiger partial charge < -0.3 is 5.73 Å². The average molecular weight is 211 g/mol. The molecule has 16 heavy (non-hydrogen) atoms. The SMILES string of the molecule is Nc1ncccc1C1CCc2cccnc21. The monoisotopic (exact) mass is 211 g/mol. The van der Waals surface area contributed by atoms with Gasteiger partial charge in [-0.05, 0) is 30.5 Å². The van der Waals surface area contributed by atoms with Gasteiger partial charge in [-0.15, -0.1) is 0 Å². The van der Waals surface area contributed by atoms with Gasteiger partial charge in [-0.2, -0.15) is 0 Å². The summed E-state index contributed by atoms with van der Waals surface area (Å²) in [6, 6.07) is 8.13. The molecule has 0 aliphatic heterocycles. The average Bonchev–Trinajstić information content (AvgIpc) is 2.74. The molecule has 1 atom stereocenters. The Morgan fingerprint density at radius 2 is 1.94 bits per heavy atom. The molecule has 0 bridgehead atoms. The Balaban J connectivity index is 2.08. The number of aromatic nitrogens is 2. The summed E-state index contributed by atoms with van der Waals surface area (Å²) in [6.45, 7) is 0. The van der Waals surface area contributed by atoms with Crippen LogP contribution in [-0.4, -0.2) is 9.97 Å². The van der Waals surface area contributed by atoms with Crippen LogP contribution in [-0.2, 0) is 6.42 Å². The summed E-state index contributed by atoms with van der Waals surface area (Å²) in [4.78, 5) is 8.62. The Labute approximate surface area is 94.4 Å². The fraction of sp³-hybridized carbons (Fsp3) is 0.231. The number of hydrogen-bond donors (Lipinski definition) is 1. The lowest BCUT2D eigenvalue weighted by molar-refractivity contribution is 0.771. The molecule has 0 aromatic carbocycles. The molecule has 2 aromatic rings. The number of nitrogens with zero attached hydrogens (tertiary/aromatic N) is 2. The third kappa shape index (κ3) is 1.36. The Morgan fingerprint density at radius 1 is 1.12 bits per heavy atom. The first-order valence-electron chi connectivity index (χ1n) is 5.50. The topological polar surface area (TPSA) is 51.8 Å². The second-order valence-electron chi connectivity index (χ2n) is 4.12. The van der Waals surface area contributed by atoms with Crippen LogP contribution >= 0.6 is 0 Å². The molecule has 0 saturated heterocycles. The Hall–Kier alpha value is -1.90. The highest BCUT2D eigenvalue weighted by Gasteiger charge is 2.26. The lowest BCUT2D eigenvalue weighted by Gasteiger charge is -2.12. The number of pyridine rings is 2. The highest BCUT2D eigenvalue weighted by Crippen LogP contribution is 2.37. The molecule has 0 saturated carbocycles. The summed E-state index contributed by atoms with van der Waals surface area (Å²) >= 11 is 0. The van der Waals surface area contributed by atoms with Gasteiger partial charge in [0, 0.05) is 23.9 Å². The number of anilines is 1. The zero-order valence-electron chi connectivity index (χ0n) is 8.93. The first kappa shape index (κ1) is 9.33. The van der Waals surface area contributed by atoms with E-state index in [4.69, 9.17) is 5.73 Å². The molecule has 0 radical (unpaired) electrons. The van der Waals surface area contributed by atoms with Crippen LogP contribution in [0.3, 0.4) is 0 Å². The van der Waals surface area contributed by atoms with Crippen LogP contribution in [0, 0.1) is 0 Å². The fourth-order valence-electron chi connectivity index (χ4n) is 2.44. The molecular weight excluding hydrogens is 198 g/mol. The zero-order chi connectivity index (χ0) is 11.0. The van der Waals surface area contributed by atoms with Crippen LogP contribution in [0.1, 0.15) is 29.2 Å². The van der Waals surface area contributed by atoms with E-state index in [0.717, 1.165) is 18.4 Å². The van der Waals surface area contributed by atoms with E-state index in [2.05, 4.69) is 22.1 Å². The van der Waals surface area contributed by atoms with Gasteiger partial charge >= 0.3 is 0 Å². The van der Waals surface area contributed by atoms with E-state index in [-0.39, 0.29) is 0 Å². The van der Waals surface area contributed by atoms with Crippen molar-refractivity contribution in [1.29, 1.82) is 0 Å². The van der Waals surface area contributed by atoms with Crippen LogP contribution in [0.2, 0.25) is 0 Å². The van der Waals surface area contributed by atoms with Gasteiger partial charge in [0.15, 0.2) is 0 Å². The minimum atomic E-state index is 0.324. The molecule has 2 heterocycles. The fourth-order valence-corrected chi connectivity index (χ4v) is 2.44. The van der Waals surface area contributed by atoms with Gasteiger partial charge in [-0.1, -0.05) is 12.1 Å². The molecule has 1 aliphatic carbocycles. The van der Waals surface area contributed by atoms with E-state index >= 15 is 0 Å². The van der Waals surface area contributed by atoms with Crippen molar-refractivity contribution in [3.8, 4) is 0 Å². The first-order chi connectivity index (χ1) is 7.86. The standard InChI is InChI=1S/C13H13N3/c14-13-11(4-2-8-16-13)10-6-5-9-3-1-7-15-12(9)10/h1-4,7-8,10H,5-6H2,(H2,14,16). The summed E-state index contributed by atoms with van der Waals surface area (Å²) in [5, 5.41) is 0. The summed E-state index contributed by atoms with van der Waals surface area (Å²) in [5.41, 5.74) is 9.54. The second kappa shape index (κ2) is 3.59. The first-order valence-corrected chi connectivity index (χ1v) is 5.50. The maximum atomic E-state index is 5.92. The molecule has 0 spiro atoms. The molecule has 1 unspecified atom stereocenters. The molecule has 3 rings (SSSR count). The van der Waals surface area contributed by atoms with Gasteiger partial charge in [-0.25, -0.2) is 4.98 Å². The smallest absolute Gasteiger partial charge is 0.127 e. The molecule has 2 N–H and O–H groups in total. The van der Waals surface area contributed by atoms with Crippen molar-refractivity contribution in [2.45, 2.75) is 18.8 Å². The van der Waals surface area contributed by atoms with E-state index in [1.54, 1.807) is 6.20 Å². The molecule has 3 heteroatoms. The van der Waals surface area contributed by atoms with Crippen LogP contribution < -0.4 is 5.73 Å². The number of hydrogen-bond acceptors (Lipinski definition) is 3. The molecule has 0 fully saturated rings. The number of aryl methyl sites for hydroxylation is 1. The van der Waals surface area contributed by atoms with Crippen LogP contribution in [0.4, 0.5) is 5.82 Å². The number of rotatable bonds is 1. The van der Waals surface area contributed by atoms with Gasteiger partial charge in [0.2, 0.25) is 0 Å². The maximum absolute atomic E-state index is 5.92. The Bertz CT molecular complexity index is 522. The van der Waals surface area contributed by atoms with Crippen LogP contribution in [0.5, 0.6) is 0 Å². The van der Waals surface area contributed by atoms with E-state index in [1.807, 2.05) is 18.3 Å². The third-order valence-electron chi connectivity index (χ3n) is 3.21. The lowest BCUT2D eigenvalue weighted by Crippen LogP contribution is -2.04. The quantitative estimate of drug-likeness (QED) is 0.786. The van der Waals surface area contributed by atoms with Crippen molar-refractivity contribution >= 4 is 5.82 Å².